The average molecular weight is 451 g/mol. The summed E-state index contributed by atoms with van der Waals surface area (Å²) >= 11 is 2.77. The lowest BCUT2D eigenvalue weighted by Gasteiger charge is -2.34. The Morgan fingerprint density at radius 3 is 2.47 bits per heavy atom. The number of benzene rings is 1. The first-order chi connectivity index (χ1) is 14.5. The van der Waals surface area contributed by atoms with Gasteiger partial charge in [-0.3, -0.25) is 9.59 Å². The molecule has 0 spiro atoms. The van der Waals surface area contributed by atoms with Crippen molar-refractivity contribution >= 4 is 51.2 Å². The minimum atomic E-state index is -0.336. The minimum absolute atomic E-state index is 0.0261. The Bertz CT molecular complexity index is 977. The van der Waals surface area contributed by atoms with Gasteiger partial charge in [0.1, 0.15) is 0 Å². The summed E-state index contributed by atoms with van der Waals surface area (Å²) in [6.07, 6.45) is -0.336. The summed E-state index contributed by atoms with van der Waals surface area (Å²) in [6, 6.07) is 7.98. The highest BCUT2D eigenvalue weighted by molar-refractivity contribution is 8.00. The van der Waals surface area contributed by atoms with Gasteiger partial charge in [0.15, 0.2) is 4.80 Å². The molecular weight excluding hydrogens is 424 g/mol. The third-order valence-electron chi connectivity index (χ3n) is 4.73. The second kappa shape index (κ2) is 10.6. The van der Waals surface area contributed by atoms with E-state index in [0.29, 0.717) is 37.6 Å². The quantitative estimate of drug-likeness (QED) is 0.674. The number of ether oxygens (including phenoxy) is 1. The molecule has 0 atom stereocenters. The fourth-order valence-electron chi connectivity index (χ4n) is 3.22. The zero-order valence-corrected chi connectivity index (χ0v) is 18.8. The van der Waals surface area contributed by atoms with E-state index in [1.807, 2.05) is 35.8 Å². The molecule has 1 fully saturated rings. The van der Waals surface area contributed by atoms with Crippen LogP contribution in [0.25, 0.3) is 10.2 Å². The van der Waals surface area contributed by atoms with Crippen molar-refractivity contribution in [3.63, 3.8) is 0 Å². The van der Waals surface area contributed by atoms with Gasteiger partial charge in [0.2, 0.25) is 5.91 Å². The Morgan fingerprint density at radius 1 is 1.07 bits per heavy atom. The summed E-state index contributed by atoms with van der Waals surface area (Å²) in [7, 11) is 0. The summed E-state index contributed by atoms with van der Waals surface area (Å²) in [6.45, 7) is 6.76. The molecular formula is C20H26N4O4S2. The molecule has 0 bridgehead atoms. The lowest BCUT2D eigenvalue weighted by Crippen LogP contribution is -2.51. The molecule has 1 aliphatic rings. The van der Waals surface area contributed by atoms with Crippen LogP contribution in [0.5, 0.6) is 0 Å². The zero-order chi connectivity index (χ0) is 21.5. The molecule has 0 unspecified atom stereocenters. The molecule has 30 heavy (non-hydrogen) atoms. The molecule has 2 aromatic rings. The highest BCUT2D eigenvalue weighted by Gasteiger charge is 2.24. The van der Waals surface area contributed by atoms with Crippen molar-refractivity contribution in [3.05, 3.63) is 29.1 Å². The lowest BCUT2D eigenvalue weighted by molar-refractivity contribution is -0.129. The van der Waals surface area contributed by atoms with Gasteiger partial charge >= 0.3 is 6.09 Å². The number of thioether (sulfide) groups is 1. The molecule has 1 saturated heterocycles. The normalized spacial score (nSPS) is 14.9. The largest absolute Gasteiger partial charge is 0.450 e. The second-order valence-electron chi connectivity index (χ2n) is 6.66. The maximum atomic E-state index is 12.4. The molecule has 0 saturated carbocycles. The Labute approximate surface area is 183 Å². The van der Waals surface area contributed by atoms with Crippen LogP contribution in [0.1, 0.15) is 13.8 Å². The molecule has 0 N–H and O–H groups in total. The van der Waals surface area contributed by atoms with Crippen LogP contribution < -0.4 is 4.80 Å². The highest BCUT2D eigenvalue weighted by atomic mass is 32.2. The van der Waals surface area contributed by atoms with E-state index in [4.69, 9.17) is 4.74 Å². The van der Waals surface area contributed by atoms with Gasteiger partial charge < -0.3 is 19.1 Å². The molecule has 1 aliphatic heterocycles. The van der Waals surface area contributed by atoms with E-state index in [1.54, 1.807) is 16.7 Å². The van der Waals surface area contributed by atoms with E-state index in [0.717, 1.165) is 16.8 Å². The summed E-state index contributed by atoms with van der Waals surface area (Å²) in [5.74, 6) is 0.114. The number of rotatable bonds is 6. The average Bonchev–Trinajstić information content (AvgIpc) is 3.10. The van der Waals surface area contributed by atoms with E-state index < -0.39 is 0 Å². The maximum Gasteiger partial charge on any atom is 0.409 e. The van der Waals surface area contributed by atoms with Gasteiger partial charge in [0.25, 0.3) is 5.91 Å². The van der Waals surface area contributed by atoms with Crippen molar-refractivity contribution in [1.82, 2.24) is 14.4 Å². The number of carbonyl (C=O) groups is 3. The van der Waals surface area contributed by atoms with Crippen LogP contribution in [0, 0.1) is 0 Å². The molecule has 0 aliphatic carbocycles. The first kappa shape index (κ1) is 22.4. The number of para-hydroxylation sites is 1. The molecule has 1 aromatic carbocycles. The number of hydrogen-bond donors (Lipinski definition) is 0. The third kappa shape index (κ3) is 5.42. The number of aryl methyl sites for hydroxylation is 1. The van der Waals surface area contributed by atoms with Gasteiger partial charge in [-0.05, 0) is 26.0 Å². The van der Waals surface area contributed by atoms with Crippen molar-refractivity contribution in [2.24, 2.45) is 4.99 Å². The SMILES string of the molecule is CCOC(=O)N1CCN(C(=O)CSCC(=O)N=c2sc3ccccc3n2CC)CC1. The number of fused-ring (bicyclic) bond motifs is 1. The van der Waals surface area contributed by atoms with E-state index in [9.17, 15) is 14.4 Å². The standard InChI is InChI=1S/C20H26N4O4S2/c1-3-24-15-7-5-6-8-16(15)30-19(24)21-17(25)13-29-14-18(26)22-9-11-23(12-10-22)20(27)28-4-2/h5-8H,3-4,9-14H2,1-2H3. The molecule has 3 rings (SSSR count). The topological polar surface area (TPSA) is 84.2 Å². The Hall–Kier alpha value is -2.33. The zero-order valence-electron chi connectivity index (χ0n) is 17.2. The monoisotopic (exact) mass is 450 g/mol. The van der Waals surface area contributed by atoms with Crippen molar-refractivity contribution in [3.8, 4) is 0 Å². The van der Waals surface area contributed by atoms with Crippen molar-refractivity contribution in [1.29, 1.82) is 0 Å². The van der Waals surface area contributed by atoms with Crippen LogP contribution in [-0.4, -0.2) is 76.6 Å². The van der Waals surface area contributed by atoms with Crippen LogP contribution in [0.2, 0.25) is 0 Å². The predicted molar refractivity (Wildman–Crippen MR) is 119 cm³/mol. The lowest BCUT2D eigenvalue weighted by atomic mass is 10.3. The minimum Gasteiger partial charge on any atom is -0.450 e. The molecule has 8 nitrogen and oxygen atoms in total. The second-order valence-corrected chi connectivity index (χ2v) is 8.66. The van der Waals surface area contributed by atoms with E-state index in [2.05, 4.69) is 4.99 Å². The molecule has 0 radical (unpaired) electrons. The summed E-state index contributed by atoms with van der Waals surface area (Å²) < 4.78 is 8.10. The van der Waals surface area contributed by atoms with Gasteiger partial charge in [-0.25, -0.2) is 4.79 Å². The molecule has 2 heterocycles. The summed E-state index contributed by atoms with van der Waals surface area (Å²) in [4.78, 5) is 44.7. The van der Waals surface area contributed by atoms with Crippen molar-refractivity contribution in [2.75, 3.05) is 44.3 Å². The van der Waals surface area contributed by atoms with Gasteiger partial charge in [-0.15, -0.1) is 11.8 Å². The highest BCUT2D eigenvalue weighted by Crippen LogP contribution is 2.16. The predicted octanol–water partition coefficient (Wildman–Crippen LogP) is 2.18. The van der Waals surface area contributed by atoms with Crippen LogP contribution in [0.4, 0.5) is 4.79 Å². The number of piperazine rings is 1. The van der Waals surface area contributed by atoms with Crippen LogP contribution in [0.3, 0.4) is 0 Å². The van der Waals surface area contributed by atoms with Crippen LogP contribution in [0.15, 0.2) is 29.3 Å². The van der Waals surface area contributed by atoms with Crippen molar-refractivity contribution in [2.45, 2.75) is 20.4 Å². The van der Waals surface area contributed by atoms with Gasteiger partial charge in [-0.2, -0.15) is 4.99 Å². The smallest absolute Gasteiger partial charge is 0.409 e. The third-order valence-corrected chi connectivity index (χ3v) is 6.70. The summed E-state index contributed by atoms with van der Waals surface area (Å²) in [5.41, 5.74) is 1.07. The van der Waals surface area contributed by atoms with Gasteiger partial charge in [-0.1, -0.05) is 23.5 Å². The van der Waals surface area contributed by atoms with E-state index in [-0.39, 0.29) is 29.4 Å². The maximum absolute atomic E-state index is 12.4. The fourth-order valence-corrected chi connectivity index (χ4v) is 5.03. The van der Waals surface area contributed by atoms with Gasteiger partial charge in [0.05, 0.1) is 28.3 Å². The van der Waals surface area contributed by atoms with E-state index >= 15 is 0 Å². The molecule has 3 amide bonds. The van der Waals surface area contributed by atoms with Crippen LogP contribution >= 0.6 is 23.1 Å². The Kier molecular flexibility index (Phi) is 7.92. The number of amides is 3. The van der Waals surface area contributed by atoms with Gasteiger partial charge in [0, 0.05) is 32.7 Å². The number of carbonyl (C=O) groups excluding carboxylic acids is 3. The Balaban J connectivity index is 1.49. The van der Waals surface area contributed by atoms with Crippen LogP contribution in [-0.2, 0) is 20.9 Å². The molecule has 162 valence electrons. The fraction of sp³-hybridized carbons (Fsp3) is 0.500. The van der Waals surface area contributed by atoms with Crippen molar-refractivity contribution < 1.29 is 19.1 Å². The molecule has 10 heteroatoms. The number of nitrogens with zero attached hydrogens (tertiary/aromatic N) is 4. The number of thiazole rings is 1. The first-order valence-corrected chi connectivity index (χ1v) is 11.9. The number of aromatic nitrogens is 1. The molecule has 1 aromatic heterocycles. The first-order valence-electron chi connectivity index (χ1n) is 9.96. The summed E-state index contributed by atoms with van der Waals surface area (Å²) in [5, 5.41) is 0. The van der Waals surface area contributed by atoms with E-state index in [1.165, 1.54) is 23.1 Å². The Morgan fingerprint density at radius 2 is 1.77 bits per heavy atom. The number of hydrogen-bond acceptors (Lipinski definition) is 6.